The van der Waals surface area contributed by atoms with Crippen LogP contribution in [0.5, 0.6) is 11.5 Å². The van der Waals surface area contributed by atoms with Gasteiger partial charge in [-0.15, -0.1) is 0 Å². The Hall–Kier alpha value is -3.16. The number of hydrogen-bond acceptors (Lipinski definition) is 4. The van der Waals surface area contributed by atoms with Crippen LogP contribution >= 0.6 is 0 Å². The maximum Gasteiger partial charge on any atom is 0.308 e. The molecule has 0 heterocycles. The highest BCUT2D eigenvalue weighted by molar-refractivity contribution is 5.97. The van der Waals surface area contributed by atoms with Gasteiger partial charge in [0, 0.05) is 6.54 Å². The molecule has 0 aliphatic carbocycles. The molecule has 0 fully saturated rings. The van der Waals surface area contributed by atoms with E-state index in [1.54, 1.807) is 24.3 Å². The molecule has 0 aliphatic rings. The standard InChI is InChI=1S/C19H19F2NO5/c1-26-15-6-4-3-5-11(15)9-12(19(24)25)10-22-18(23)16-13(20)7-8-14(21)17(16)27-2/h3-8,12H,9-10H2,1-2H3,(H,22,23)(H,24,25). The van der Waals surface area contributed by atoms with Crippen molar-refractivity contribution in [3.05, 3.63) is 59.2 Å². The van der Waals surface area contributed by atoms with E-state index in [1.165, 1.54) is 7.11 Å². The minimum atomic E-state index is -1.15. The van der Waals surface area contributed by atoms with Crippen molar-refractivity contribution in [2.45, 2.75) is 6.42 Å². The Kier molecular flexibility index (Phi) is 6.70. The fraction of sp³-hybridized carbons (Fsp3) is 0.263. The van der Waals surface area contributed by atoms with Gasteiger partial charge in [-0.3, -0.25) is 9.59 Å². The molecule has 0 aliphatic heterocycles. The maximum atomic E-state index is 14.0. The van der Waals surface area contributed by atoms with E-state index >= 15 is 0 Å². The summed E-state index contributed by atoms with van der Waals surface area (Å²) in [5.74, 6) is -4.98. The van der Waals surface area contributed by atoms with E-state index in [0.717, 1.165) is 19.2 Å². The van der Waals surface area contributed by atoms with Gasteiger partial charge < -0.3 is 19.9 Å². The third kappa shape index (κ3) is 4.72. The Morgan fingerprint density at radius 1 is 1.07 bits per heavy atom. The minimum absolute atomic E-state index is 0.0857. The summed E-state index contributed by atoms with van der Waals surface area (Å²) in [6.45, 7) is -0.286. The molecule has 0 bridgehead atoms. The second-order valence-corrected chi connectivity index (χ2v) is 5.70. The van der Waals surface area contributed by atoms with Crippen molar-refractivity contribution >= 4 is 11.9 Å². The number of aliphatic carboxylic acids is 1. The molecule has 144 valence electrons. The van der Waals surface area contributed by atoms with E-state index in [-0.39, 0.29) is 13.0 Å². The highest BCUT2D eigenvalue weighted by atomic mass is 19.1. The zero-order chi connectivity index (χ0) is 20.0. The molecular weight excluding hydrogens is 360 g/mol. The van der Waals surface area contributed by atoms with Crippen molar-refractivity contribution in [3.63, 3.8) is 0 Å². The highest BCUT2D eigenvalue weighted by Crippen LogP contribution is 2.25. The smallest absolute Gasteiger partial charge is 0.308 e. The molecule has 1 unspecified atom stereocenters. The number of nitrogens with one attached hydrogen (secondary N) is 1. The predicted octanol–water partition coefficient (Wildman–Crippen LogP) is 2.66. The van der Waals surface area contributed by atoms with Gasteiger partial charge in [0.2, 0.25) is 0 Å². The number of methoxy groups -OCH3 is 2. The Bertz CT molecular complexity index is 841. The SMILES string of the molecule is COc1ccccc1CC(CNC(=O)c1c(F)ccc(F)c1OC)C(=O)O. The molecule has 8 heteroatoms. The van der Waals surface area contributed by atoms with Crippen molar-refractivity contribution in [1.82, 2.24) is 5.32 Å². The van der Waals surface area contributed by atoms with Gasteiger partial charge in [0.1, 0.15) is 17.1 Å². The summed E-state index contributed by atoms with van der Waals surface area (Å²) in [4.78, 5) is 23.8. The Morgan fingerprint density at radius 3 is 2.37 bits per heavy atom. The Morgan fingerprint density at radius 2 is 1.74 bits per heavy atom. The monoisotopic (exact) mass is 379 g/mol. The number of carboxylic acids is 1. The van der Waals surface area contributed by atoms with Gasteiger partial charge in [-0.2, -0.15) is 0 Å². The van der Waals surface area contributed by atoms with Crippen molar-refractivity contribution in [3.8, 4) is 11.5 Å². The van der Waals surface area contributed by atoms with Crippen molar-refractivity contribution in [1.29, 1.82) is 0 Å². The van der Waals surface area contributed by atoms with Crippen molar-refractivity contribution in [2.75, 3.05) is 20.8 Å². The van der Waals surface area contributed by atoms with Crippen molar-refractivity contribution in [2.24, 2.45) is 5.92 Å². The fourth-order valence-corrected chi connectivity index (χ4v) is 2.63. The summed E-state index contributed by atoms with van der Waals surface area (Å²) in [6.07, 6.45) is 0.0857. The van der Waals surface area contributed by atoms with E-state index in [0.29, 0.717) is 11.3 Å². The minimum Gasteiger partial charge on any atom is -0.496 e. The number of carbonyl (C=O) groups excluding carboxylic acids is 1. The van der Waals surface area contributed by atoms with Gasteiger partial charge in [0.05, 0.1) is 20.1 Å². The van der Waals surface area contributed by atoms with Crippen LogP contribution in [-0.2, 0) is 11.2 Å². The van der Waals surface area contributed by atoms with Gasteiger partial charge >= 0.3 is 5.97 Å². The number of amides is 1. The molecule has 2 rings (SSSR count). The van der Waals surface area contributed by atoms with Crippen LogP contribution in [0.4, 0.5) is 8.78 Å². The summed E-state index contributed by atoms with van der Waals surface area (Å²) in [7, 11) is 2.58. The van der Waals surface area contributed by atoms with Crippen LogP contribution in [0.25, 0.3) is 0 Å². The van der Waals surface area contributed by atoms with Gasteiger partial charge in [-0.1, -0.05) is 18.2 Å². The number of ether oxygens (including phenoxy) is 2. The van der Waals surface area contributed by atoms with E-state index in [2.05, 4.69) is 5.32 Å². The zero-order valence-electron chi connectivity index (χ0n) is 14.8. The van der Waals surface area contributed by atoms with Crippen LogP contribution in [0.15, 0.2) is 36.4 Å². The van der Waals surface area contributed by atoms with Crippen LogP contribution in [0.2, 0.25) is 0 Å². The molecule has 2 aromatic carbocycles. The number of hydrogen-bond donors (Lipinski definition) is 2. The van der Waals surface area contributed by atoms with Crippen LogP contribution in [0, 0.1) is 17.6 Å². The number of benzene rings is 2. The first-order valence-electron chi connectivity index (χ1n) is 8.03. The lowest BCUT2D eigenvalue weighted by atomic mass is 9.98. The molecule has 2 aromatic rings. The molecule has 0 aromatic heterocycles. The summed E-state index contributed by atoms with van der Waals surface area (Å²) in [5.41, 5.74) is 0.0371. The molecule has 6 nitrogen and oxygen atoms in total. The van der Waals surface area contributed by atoms with Crippen LogP contribution in [0.3, 0.4) is 0 Å². The topological polar surface area (TPSA) is 84.9 Å². The lowest BCUT2D eigenvalue weighted by molar-refractivity contribution is -0.141. The summed E-state index contributed by atoms with van der Waals surface area (Å²) < 4.78 is 37.6. The number of carboxylic acid groups (broad SMARTS) is 1. The maximum absolute atomic E-state index is 14.0. The largest absolute Gasteiger partial charge is 0.496 e. The third-order valence-electron chi connectivity index (χ3n) is 4.01. The molecule has 27 heavy (non-hydrogen) atoms. The normalized spacial score (nSPS) is 11.6. The summed E-state index contributed by atoms with van der Waals surface area (Å²) in [6, 6.07) is 8.54. The summed E-state index contributed by atoms with van der Waals surface area (Å²) >= 11 is 0. The average Bonchev–Trinajstić information content (AvgIpc) is 2.66. The molecule has 0 radical (unpaired) electrons. The first-order chi connectivity index (χ1) is 12.9. The predicted molar refractivity (Wildman–Crippen MR) is 93.1 cm³/mol. The molecule has 0 saturated heterocycles. The van der Waals surface area contributed by atoms with Gasteiger partial charge in [0.15, 0.2) is 11.6 Å². The molecular formula is C19H19F2NO5. The first kappa shape index (κ1) is 20.2. The lowest BCUT2D eigenvalue weighted by Gasteiger charge is -2.16. The highest BCUT2D eigenvalue weighted by Gasteiger charge is 2.25. The number of halogens is 2. The van der Waals surface area contributed by atoms with Gasteiger partial charge in [-0.05, 0) is 30.2 Å². The molecule has 0 saturated carbocycles. The van der Waals surface area contributed by atoms with Crippen molar-refractivity contribution < 1.29 is 33.0 Å². The second-order valence-electron chi connectivity index (χ2n) is 5.70. The van der Waals surface area contributed by atoms with E-state index in [1.807, 2.05) is 0 Å². The Balaban J connectivity index is 2.16. The zero-order valence-corrected chi connectivity index (χ0v) is 14.8. The van der Waals surface area contributed by atoms with E-state index < -0.39 is 40.7 Å². The van der Waals surface area contributed by atoms with Crippen LogP contribution in [0.1, 0.15) is 15.9 Å². The summed E-state index contributed by atoms with van der Waals surface area (Å²) in [5, 5.41) is 11.8. The van der Waals surface area contributed by atoms with Crippen LogP contribution in [-0.4, -0.2) is 37.7 Å². The third-order valence-corrected chi connectivity index (χ3v) is 4.01. The average molecular weight is 379 g/mol. The van der Waals surface area contributed by atoms with E-state index in [9.17, 15) is 23.5 Å². The quantitative estimate of drug-likeness (QED) is 0.737. The number of carbonyl (C=O) groups is 2. The Labute approximate surface area is 154 Å². The van der Waals surface area contributed by atoms with E-state index in [4.69, 9.17) is 9.47 Å². The van der Waals surface area contributed by atoms with Crippen LogP contribution < -0.4 is 14.8 Å². The number of para-hydroxylation sites is 1. The lowest BCUT2D eigenvalue weighted by Crippen LogP contribution is -2.34. The first-order valence-corrected chi connectivity index (χ1v) is 8.03. The van der Waals surface area contributed by atoms with Gasteiger partial charge in [0.25, 0.3) is 5.91 Å². The number of rotatable bonds is 8. The molecule has 1 amide bonds. The molecule has 2 N–H and O–H groups in total. The molecule has 1 atom stereocenters. The molecule has 0 spiro atoms. The fourth-order valence-electron chi connectivity index (χ4n) is 2.63. The second kappa shape index (κ2) is 8.98. The van der Waals surface area contributed by atoms with Gasteiger partial charge in [-0.25, -0.2) is 8.78 Å².